The number of benzene rings is 2. The highest BCUT2D eigenvalue weighted by atomic mass is 35.5. The first-order chi connectivity index (χ1) is 17.1. The smallest absolute Gasteiger partial charge is 0.248 e. The first kappa shape index (κ1) is 25.1. The number of Topliss-reactive ketones (excluding diaryl/α,β-unsaturated/α-hetero) is 1. The number of carbonyl (C=O) groups is 4. The molecule has 1 aliphatic carbocycles. The number of hydrogen-bond donors (Lipinski definition) is 3. The van der Waals surface area contributed by atoms with Gasteiger partial charge in [-0.1, -0.05) is 18.5 Å². The second kappa shape index (κ2) is 9.54. The third-order valence-corrected chi connectivity index (χ3v) is 6.60. The first-order valence-electron chi connectivity index (χ1n) is 11.0. The topological polar surface area (TPSA) is 146 Å². The third kappa shape index (κ3) is 4.13. The molecule has 0 fully saturated rings. The maximum Gasteiger partial charge on any atom is 0.248 e. The van der Waals surface area contributed by atoms with Crippen molar-refractivity contribution < 1.29 is 33.4 Å². The van der Waals surface area contributed by atoms with Gasteiger partial charge in [-0.3, -0.25) is 19.2 Å². The monoisotopic (exact) mass is 513 g/mol. The number of rotatable bonds is 7. The van der Waals surface area contributed by atoms with Gasteiger partial charge in [0.1, 0.15) is 22.1 Å². The Labute approximate surface area is 211 Å². The Morgan fingerprint density at radius 1 is 1.17 bits per heavy atom. The second-order valence-corrected chi connectivity index (χ2v) is 8.83. The molecule has 2 atom stereocenters. The molecule has 0 saturated heterocycles. The van der Waals surface area contributed by atoms with Crippen LogP contribution in [0.2, 0.25) is 5.02 Å². The van der Waals surface area contributed by atoms with Gasteiger partial charge in [-0.2, -0.15) is 0 Å². The fourth-order valence-corrected chi connectivity index (χ4v) is 4.63. The number of nitrogens with two attached hydrogens (primary N) is 1. The van der Waals surface area contributed by atoms with Crippen LogP contribution in [0.3, 0.4) is 0 Å². The molecular formula is C25H24ClN3O7. The van der Waals surface area contributed by atoms with Gasteiger partial charge in [0.25, 0.3) is 0 Å². The lowest BCUT2D eigenvalue weighted by Gasteiger charge is -2.35. The summed E-state index contributed by atoms with van der Waals surface area (Å²) in [4.78, 5) is 50.3. The average molecular weight is 514 g/mol. The molecule has 10 nitrogen and oxygen atoms in total. The van der Waals surface area contributed by atoms with E-state index >= 15 is 0 Å². The zero-order chi connectivity index (χ0) is 26.2. The van der Waals surface area contributed by atoms with Crippen molar-refractivity contribution in [1.82, 2.24) is 5.32 Å². The van der Waals surface area contributed by atoms with E-state index in [2.05, 4.69) is 10.6 Å². The molecule has 2 unspecified atom stereocenters. The summed E-state index contributed by atoms with van der Waals surface area (Å²) in [6, 6.07) is 7.59. The summed E-state index contributed by atoms with van der Waals surface area (Å²) in [5.74, 6) is -2.12. The zero-order valence-corrected chi connectivity index (χ0v) is 20.5. The fraction of sp³-hybridized carbons (Fsp3) is 0.280. The quantitative estimate of drug-likeness (QED) is 0.479. The lowest BCUT2D eigenvalue weighted by atomic mass is 9.74. The van der Waals surface area contributed by atoms with Crippen molar-refractivity contribution >= 4 is 40.7 Å². The molecule has 0 radical (unpaired) electrons. The Hall–Kier alpha value is -4.05. The number of halogens is 1. The van der Waals surface area contributed by atoms with Gasteiger partial charge in [-0.25, -0.2) is 0 Å². The minimum Gasteiger partial charge on any atom is -0.496 e. The number of ether oxygens (including phenoxy) is 3. The highest BCUT2D eigenvalue weighted by Crippen LogP contribution is 2.52. The number of allylic oxidation sites excluding steroid dienone is 1. The van der Waals surface area contributed by atoms with Gasteiger partial charge in [-0.15, -0.1) is 0 Å². The van der Waals surface area contributed by atoms with Gasteiger partial charge in [0, 0.05) is 35.0 Å². The van der Waals surface area contributed by atoms with Gasteiger partial charge in [0.05, 0.1) is 20.8 Å². The zero-order valence-electron chi connectivity index (χ0n) is 19.8. The Kier molecular flexibility index (Phi) is 6.64. The number of fused-ring (bicyclic) bond motifs is 1. The molecule has 2 amide bonds. The molecule has 36 heavy (non-hydrogen) atoms. The summed E-state index contributed by atoms with van der Waals surface area (Å²) < 4.78 is 16.6. The third-order valence-electron chi connectivity index (χ3n) is 6.24. The summed E-state index contributed by atoms with van der Waals surface area (Å²) in [7, 11) is 2.81. The van der Waals surface area contributed by atoms with Crippen molar-refractivity contribution in [3.05, 3.63) is 58.3 Å². The summed E-state index contributed by atoms with van der Waals surface area (Å²) in [5.41, 5.74) is 4.80. The van der Waals surface area contributed by atoms with E-state index in [0.29, 0.717) is 16.9 Å². The molecule has 0 saturated carbocycles. The highest BCUT2D eigenvalue weighted by molar-refractivity contribution is 6.36. The summed E-state index contributed by atoms with van der Waals surface area (Å²) in [6.07, 6.45) is 1.54. The first-order valence-corrected chi connectivity index (χ1v) is 11.4. The molecule has 1 aliphatic heterocycles. The van der Waals surface area contributed by atoms with Crippen LogP contribution < -0.4 is 30.6 Å². The van der Waals surface area contributed by atoms with Gasteiger partial charge in [-0.05, 0) is 30.7 Å². The predicted octanol–water partition coefficient (Wildman–Crippen LogP) is 2.49. The molecule has 1 spiro atoms. The van der Waals surface area contributed by atoms with Crippen molar-refractivity contribution in [3.63, 3.8) is 0 Å². The average Bonchev–Trinajstić information content (AvgIpc) is 3.17. The van der Waals surface area contributed by atoms with Gasteiger partial charge < -0.3 is 30.6 Å². The van der Waals surface area contributed by atoms with E-state index < -0.39 is 29.0 Å². The molecule has 1 heterocycles. The van der Waals surface area contributed by atoms with E-state index in [1.807, 2.05) is 0 Å². The Bertz CT molecular complexity index is 1310. The van der Waals surface area contributed by atoms with Crippen LogP contribution in [0.1, 0.15) is 34.1 Å². The van der Waals surface area contributed by atoms with E-state index in [0.717, 1.165) is 0 Å². The Morgan fingerprint density at radius 2 is 1.83 bits per heavy atom. The molecule has 0 bridgehead atoms. The summed E-state index contributed by atoms with van der Waals surface area (Å²) in [6.45, 7) is 1.59. The van der Waals surface area contributed by atoms with Crippen LogP contribution in [0.25, 0.3) is 0 Å². The lowest BCUT2D eigenvalue weighted by molar-refractivity contribution is -0.129. The molecule has 2 aliphatic rings. The normalized spacial score (nSPS) is 20.3. The number of nitrogens with one attached hydrogen (secondary N) is 2. The molecule has 11 heteroatoms. The van der Waals surface area contributed by atoms with Gasteiger partial charge in [0.2, 0.25) is 29.0 Å². The van der Waals surface area contributed by atoms with E-state index in [1.165, 1.54) is 38.5 Å². The van der Waals surface area contributed by atoms with Crippen LogP contribution in [0, 0.1) is 5.92 Å². The van der Waals surface area contributed by atoms with Crippen LogP contribution >= 0.6 is 11.6 Å². The number of methoxy groups -OCH3 is 2. The van der Waals surface area contributed by atoms with Crippen molar-refractivity contribution in [2.75, 3.05) is 26.1 Å². The van der Waals surface area contributed by atoms with Crippen LogP contribution in [0.15, 0.2) is 42.1 Å². The van der Waals surface area contributed by atoms with E-state index in [-0.39, 0.29) is 46.7 Å². The standard InChI is InChI=1S/C25H24ClN3O7/c1-12-8-15(28-11-19(31)29-14-6-4-13(5-7-14)24(27)33)9-18(30)25(12)23(32)20-16(34-2)10-17(35-3)21(26)22(20)36-25/h4-7,9-10,12,28H,8,11H2,1-3H3,(H2,27,33)(H,29,31). The van der Waals surface area contributed by atoms with Gasteiger partial charge in [0.15, 0.2) is 5.75 Å². The predicted molar refractivity (Wildman–Crippen MR) is 131 cm³/mol. The minimum atomic E-state index is -1.79. The van der Waals surface area contributed by atoms with Crippen LogP contribution in [-0.4, -0.2) is 49.7 Å². The van der Waals surface area contributed by atoms with Crippen LogP contribution in [0.5, 0.6) is 17.2 Å². The Balaban J connectivity index is 1.49. The van der Waals surface area contributed by atoms with Crippen molar-refractivity contribution in [2.24, 2.45) is 11.7 Å². The van der Waals surface area contributed by atoms with Gasteiger partial charge >= 0.3 is 0 Å². The lowest BCUT2D eigenvalue weighted by Crippen LogP contribution is -2.55. The second-order valence-electron chi connectivity index (χ2n) is 8.45. The molecule has 2 aromatic rings. The molecule has 4 rings (SSSR count). The van der Waals surface area contributed by atoms with E-state index in [4.69, 9.17) is 31.5 Å². The number of anilines is 1. The molecule has 188 valence electrons. The molecule has 4 N–H and O–H groups in total. The number of hydrogen-bond acceptors (Lipinski definition) is 8. The molecule has 0 aromatic heterocycles. The largest absolute Gasteiger partial charge is 0.496 e. The van der Waals surface area contributed by atoms with Crippen LogP contribution in [0.4, 0.5) is 5.69 Å². The highest BCUT2D eigenvalue weighted by Gasteiger charge is 2.60. The maximum absolute atomic E-state index is 13.5. The number of primary amides is 1. The van der Waals surface area contributed by atoms with E-state index in [9.17, 15) is 19.2 Å². The minimum absolute atomic E-state index is 0.0459. The number of amides is 2. The van der Waals surface area contributed by atoms with Crippen molar-refractivity contribution in [2.45, 2.75) is 18.9 Å². The summed E-state index contributed by atoms with van der Waals surface area (Å²) >= 11 is 6.39. The Morgan fingerprint density at radius 3 is 2.42 bits per heavy atom. The van der Waals surface area contributed by atoms with Crippen molar-refractivity contribution in [3.8, 4) is 17.2 Å². The summed E-state index contributed by atoms with van der Waals surface area (Å²) in [5, 5.41) is 5.70. The number of ketones is 2. The van der Waals surface area contributed by atoms with Crippen molar-refractivity contribution in [1.29, 1.82) is 0 Å². The fourth-order valence-electron chi connectivity index (χ4n) is 4.37. The molecule has 2 aromatic carbocycles. The SMILES string of the molecule is COc1cc(OC)c2c(c1Cl)OC1(C(=O)C=C(NCC(=O)Nc3ccc(C(N)=O)cc3)CC1C)C2=O. The number of carbonyl (C=O) groups excluding carboxylic acids is 4. The van der Waals surface area contributed by atoms with E-state index in [1.54, 1.807) is 19.1 Å². The van der Waals surface area contributed by atoms with Crippen LogP contribution in [-0.2, 0) is 9.59 Å². The molecular weight excluding hydrogens is 490 g/mol. The maximum atomic E-state index is 13.5.